The van der Waals surface area contributed by atoms with E-state index < -0.39 is 0 Å². The van der Waals surface area contributed by atoms with Crippen LogP contribution in [0.5, 0.6) is 0 Å². The van der Waals surface area contributed by atoms with Crippen molar-refractivity contribution in [3.05, 3.63) is 29.7 Å². The van der Waals surface area contributed by atoms with Gasteiger partial charge in [0.25, 0.3) is 0 Å². The smallest absolute Gasteiger partial charge is 0.0970 e. The topological polar surface area (TPSA) is 34.8 Å². The zero-order valence-electron chi connectivity index (χ0n) is 9.70. The van der Waals surface area contributed by atoms with E-state index in [9.17, 15) is 0 Å². The van der Waals surface area contributed by atoms with Gasteiger partial charge in [-0.05, 0) is 18.6 Å². The first kappa shape index (κ1) is 9.66. The van der Waals surface area contributed by atoms with Crippen LogP contribution >= 0.6 is 0 Å². The average Bonchev–Trinajstić information content (AvgIpc) is 2.81. The van der Waals surface area contributed by atoms with E-state index >= 15 is 0 Å². The maximum atomic E-state index is 4.54. The van der Waals surface area contributed by atoms with Crippen LogP contribution in [0.1, 0.15) is 11.3 Å². The summed E-state index contributed by atoms with van der Waals surface area (Å²) in [7, 11) is 1.97. The van der Waals surface area contributed by atoms with Crippen molar-refractivity contribution >= 4 is 0 Å². The second kappa shape index (κ2) is 3.49. The molecule has 2 aromatic rings. The average molecular weight is 216 g/mol. The molecule has 3 rings (SSSR count). The molecule has 0 saturated carbocycles. The number of rotatable bonds is 1. The van der Waals surface area contributed by atoms with Crippen molar-refractivity contribution in [3.8, 4) is 11.3 Å². The Kier molecular flexibility index (Phi) is 2.11. The molecule has 16 heavy (non-hydrogen) atoms. The van der Waals surface area contributed by atoms with E-state index in [1.807, 2.05) is 11.7 Å². The van der Waals surface area contributed by atoms with E-state index in [1.54, 1.807) is 0 Å². The molecule has 1 aliphatic rings. The van der Waals surface area contributed by atoms with Gasteiger partial charge in [0, 0.05) is 50.3 Å². The maximum Gasteiger partial charge on any atom is 0.0970 e. The standard InChI is InChI=1S/C12H16N4/c1-9-8-15(2)14-12(9)10-3-5-16-6-4-13-7-11(10)16/h3,5,8,13H,4,6-7H2,1-2H3. The van der Waals surface area contributed by atoms with E-state index in [4.69, 9.17) is 0 Å². The van der Waals surface area contributed by atoms with Crippen molar-refractivity contribution in [3.63, 3.8) is 0 Å². The number of fused-ring (bicyclic) bond motifs is 1. The van der Waals surface area contributed by atoms with Gasteiger partial charge in [-0.1, -0.05) is 0 Å². The normalized spacial score (nSPS) is 15.1. The fraction of sp³-hybridized carbons (Fsp3) is 0.417. The number of aryl methyl sites for hydroxylation is 2. The number of aromatic nitrogens is 3. The van der Waals surface area contributed by atoms with Crippen molar-refractivity contribution in [1.82, 2.24) is 19.7 Å². The molecule has 2 aromatic heterocycles. The molecule has 0 spiro atoms. The third-order valence-corrected chi connectivity index (χ3v) is 3.17. The molecule has 0 fully saturated rings. The molecule has 4 heteroatoms. The first-order chi connectivity index (χ1) is 7.75. The van der Waals surface area contributed by atoms with Crippen LogP contribution in [-0.2, 0) is 20.1 Å². The van der Waals surface area contributed by atoms with Gasteiger partial charge in [-0.25, -0.2) is 0 Å². The quantitative estimate of drug-likeness (QED) is 0.779. The lowest BCUT2D eigenvalue weighted by atomic mass is 10.1. The van der Waals surface area contributed by atoms with Crippen LogP contribution in [0.3, 0.4) is 0 Å². The zero-order valence-corrected chi connectivity index (χ0v) is 9.70. The van der Waals surface area contributed by atoms with Crippen molar-refractivity contribution in [2.75, 3.05) is 6.54 Å². The third kappa shape index (κ3) is 1.38. The highest BCUT2D eigenvalue weighted by molar-refractivity contribution is 5.65. The largest absolute Gasteiger partial charge is 0.348 e. The molecule has 0 aliphatic carbocycles. The Balaban J connectivity index is 2.13. The third-order valence-electron chi connectivity index (χ3n) is 3.17. The van der Waals surface area contributed by atoms with E-state index in [0.717, 1.165) is 25.3 Å². The second-order valence-electron chi connectivity index (χ2n) is 4.38. The molecule has 0 unspecified atom stereocenters. The van der Waals surface area contributed by atoms with Gasteiger partial charge < -0.3 is 9.88 Å². The number of hydrogen-bond donors (Lipinski definition) is 1. The zero-order chi connectivity index (χ0) is 11.1. The molecule has 0 aromatic carbocycles. The predicted octanol–water partition coefficient (Wildman–Crippen LogP) is 1.30. The Morgan fingerprint density at radius 2 is 2.31 bits per heavy atom. The number of nitrogens with one attached hydrogen (secondary N) is 1. The van der Waals surface area contributed by atoms with Gasteiger partial charge in [-0.2, -0.15) is 5.10 Å². The minimum Gasteiger partial charge on any atom is -0.348 e. The Bertz CT molecular complexity index is 521. The lowest BCUT2D eigenvalue weighted by Gasteiger charge is -2.17. The van der Waals surface area contributed by atoms with Crippen LogP contribution in [-0.4, -0.2) is 20.9 Å². The summed E-state index contributed by atoms with van der Waals surface area (Å²) in [6, 6.07) is 2.18. The number of hydrogen-bond acceptors (Lipinski definition) is 2. The summed E-state index contributed by atoms with van der Waals surface area (Å²) in [4.78, 5) is 0. The van der Waals surface area contributed by atoms with E-state index in [0.29, 0.717) is 0 Å². The molecule has 0 atom stereocenters. The Morgan fingerprint density at radius 3 is 3.06 bits per heavy atom. The first-order valence-corrected chi connectivity index (χ1v) is 5.65. The fourth-order valence-electron chi connectivity index (χ4n) is 2.41. The van der Waals surface area contributed by atoms with Crippen LogP contribution in [0.25, 0.3) is 11.3 Å². The van der Waals surface area contributed by atoms with Gasteiger partial charge in [0.1, 0.15) is 0 Å². The van der Waals surface area contributed by atoms with Gasteiger partial charge >= 0.3 is 0 Å². The lowest BCUT2D eigenvalue weighted by Crippen LogP contribution is -2.27. The first-order valence-electron chi connectivity index (χ1n) is 5.65. The SMILES string of the molecule is Cc1cn(C)nc1-c1ccn2c1CNCC2. The molecule has 84 valence electrons. The monoisotopic (exact) mass is 216 g/mol. The van der Waals surface area contributed by atoms with E-state index in [1.165, 1.54) is 16.8 Å². The van der Waals surface area contributed by atoms with Crippen LogP contribution in [0, 0.1) is 6.92 Å². The van der Waals surface area contributed by atoms with Gasteiger partial charge in [0.05, 0.1) is 5.69 Å². The van der Waals surface area contributed by atoms with Crippen LogP contribution in [0.4, 0.5) is 0 Å². The van der Waals surface area contributed by atoms with Crippen molar-refractivity contribution in [2.24, 2.45) is 7.05 Å². The highest BCUT2D eigenvalue weighted by Gasteiger charge is 2.17. The van der Waals surface area contributed by atoms with Gasteiger partial charge in [0.15, 0.2) is 0 Å². The van der Waals surface area contributed by atoms with Crippen LogP contribution < -0.4 is 5.32 Å². The molecule has 0 radical (unpaired) electrons. The molecular weight excluding hydrogens is 200 g/mol. The molecule has 0 saturated heterocycles. The summed E-state index contributed by atoms with van der Waals surface area (Å²) in [6.07, 6.45) is 4.23. The Morgan fingerprint density at radius 1 is 1.44 bits per heavy atom. The highest BCUT2D eigenvalue weighted by atomic mass is 15.3. The summed E-state index contributed by atoms with van der Waals surface area (Å²) < 4.78 is 4.20. The predicted molar refractivity (Wildman–Crippen MR) is 63.1 cm³/mol. The molecule has 1 N–H and O–H groups in total. The maximum absolute atomic E-state index is 4.54. The molecule has 3 heterocycles. The van der Waals surface area contributed by atoms with Gasteiger partial charge in [0.2, 0.25) is 0 Å². The summed E-state index contributed by atoms with van der Waals surface area (Å²) in [5.74, 6) is 0. The Labute approximate surface area is 94.9 Å². The Hall–Kier alpha value is -1.55. The number of nitrogens with zero attached hydrogens (tertiary/aromatic N) is 3. The van der Waals surface area contributed by atoms with Crippen molar-refractivity contribution in [2.45, 2.75) is 20.0 Å². The summed E-state index contributed by atoms with van der Waals surface area (Å²) in [5.41, 5.74) is 4.97. The minimum absolute atomic E-state index is 0.943. The van der Waals surface area contributed by atoms with Gasteiger partial charge in [-0.15, -0.1) is 0 Å². The van der Waals surface area contributed by atoms with E-state index in [-0.39, 0.29) is 0 Å². The highest BCUT2D eigenvalue weighted by Crippen LogP contribution is 2.27. The van der Waals surface area contributed by atoms with E-state index in [2.05, 4.69) is 40.4 Å². The summed E-state index contributed by atoms with van der Waals surface area (Å²) >= 11 is 0. The van der Waals surface area contributed by atoms with Crippen LogP contribution in [0.15, 0.2) is 18.5 Å². The molecule has 0 amide bonds. The molecule has 4 nitrogen and oxygen atoms in total. The lowest BCUT2D eigenvalue weighted by molar-refractivity contribution is 0.517. The fourth-order valence-corrected chi connectivity index (χ4v) is 2.41. The summed E-state index contributed by atoms with van der Waals surface area (Å²) in [5, 5.41) is 7.94. The molecule has 1 aliphatic heterocycles. The molecular formula is C12H16N4. The summed E-state index contributed by atoms with van der Waals surface area (Å²) in [6.45, 7) is 5.17. The van der Waals surface area contributed by atoms with Crippen molar-refractivity contribution < 1.29 is 0 Å². The second-order valence-corrected chi connectivity index (χ2v) is 4.38. The minimum atomic E-state index is 0.943. The van der Waals surface area contributed by atoms with Crippen molar-refractivity contribution in [1.29, 1.82) is 0 Å². The van der Waals surface area contributed by atoms with Gasteiger partial charge in [-0.3, -0.25) is 4.68 Å². The molecule has 0 bridgehead atoms. The van der Waals surface area contributed by atoms with Crippen LogP contribution in [0.2, 0.25) is 0 Å².